The number of hydrogen-bond acceptors (Lipinski definition) is 2. The van der Waals surface area contributed by atoms with Gasteiger partial charge >= 0.3 is 0 Å². The van der Waals surface area contributed by atoms with E-state index in [4.69, 9.17) is 4.74 Å². The molecular formula is C17H28FNO2. The van der Waals surface area contributed by atoms with E-state index in [0.717, 1.165) is 0 Å². The number of benzene rings is 1. The van der Waals surface area contributed by atoms with E-state index in [1.54, 1.807) is 13.0 Å². The molecule has 120 valence electrons. The van der Waals surface area contributed by atoms with Crippen LogP contribution in [-0.2, 0) is 9.53 Å². The summed E-state index contributed by atoms with van der Waals surface area (Å²) in [5, 5.41) is 2.61. The van der Waals surface area contributed by atoms with E-state index in [1.807, 2.05) is 6.92 Å². The summed E-state index contributed by atoms with van der Waals surface area (Å²) in [5.74, 6) is -0.513. The largest absolute Gasteiger partial charge is 0.372 e. The van der Waals surface area contributed by atoms with Crippen LogP contribution in [0.3, 0.4) is 0 Å². The van der Waals surface area contributed by atoms with Crippen LogP contribution < -0.4 is 5.32 Å². The van der Waals surface area contributed by atoms with Gasteiger partial charge in [0.1, 0.15) is 12.4 Å². The number of hydrogen-bond donors (Lipinski definition) is 1. The molecule has 0 saturated heterocycles. The molecule has 1 N–H and O–H groups in total. The number of ether oxygens (including phenoxy) is 1. The molecule has 0 aromatic heterocycles. The molecule has 0 atom stereocenters. The minimum Gasteiger partial charge on any atom is -0.372 e. The van der Waals surface area contributed by atoms with Gasteiger partial charge in [-0.1, -0.05) is 39.5 Å². The number of carbonyl (C=O) groups excluding carboxylic acids is 1. The van der Waals surface area contributed by atoms with Crippen LogP contribution in [0.5, 0.6) is 0 Å². The molecule has 0 saturated carbocycles. The highest BCUT2D eigenvalue weighted by atomic mass is 19.1. The maximum atomic E-state index is 12.9. The first kappa shape index (κ1) is 19.6. The summed E-state index contributed by atoms with van der Waals surface area (Å²) >= 11 is 0. The average molecular weight is 297 g/mol. The van der Waals surface area contributed by atoms with Crippen molar-refractivity contribution in [2.24, 2.45) is 0 Å². The van der Waals surface area contributed by atoms with E-state index in [9.17, 15) is 9.18 Å². The lowest BCUT2D eigenvalue weighted by atomic mass is 10.2. The molecule has 4 heteroatoms. The Balaban J connectivity index is 0.000000567. The van der Waals surface area contributed by atoms with Gasteiger partial charge in [0.2, 0.25) is 5.91 Å². The molecule has 0 aliphatic heterocycles. The molecule has 1 aromatic carbocycles. The van der Waals surface area contributed by atoms with Crippen LogP contribution in [0.2, 0.25) is 0 Å². The Hall–Kier alpha value is -1.42. The predicted octanol–water partition coefficient (Wildman–Crippen LogP) is 4.70. The number of halogens is 1. The van der Waals surface area contributed by atoms with Crippen molar-refractivity contribution in [3.05, 3.63) is 29.6 Å². The van der Waals surface area contributed by atoms with Gasteiger partial charge in [0.05, 0.1) is 0 Å². The summed E-state index contributed by atoms with van der Waals surface area (Å²) in [4.78, 5) is 11.2. The van der Waals surface area contributed by atoms with Gasteiger partial charge < -0.3 is 10.1 Å². The van der Waals surface area contributed by atoms with E-state index in [2.05, 4.69) is 19.2 Å². The van der Waals surface area contributed by atoms with E-state index >= 15 is 0 Å². The summed E-state index contributed by atoms with van der Waals surface area (Å²) in [7, 11) is 0. The Morgan fingerprint density at radius 1 is 1.19 bits per heavy atom. The molecule has 1 aromatic rings. The fourth-order valence-electron chi connectivity index (χ4n) is 1.61. The molecule has 0 fully saturated rings. The summed E-state index contributed by atoms with van der Waals surface area (Å²) in [6, 6.07) is 4.43. The number of anilines is 1. The number of unbranched alkanes of at least 4 members (excludes halogenated alkanes) is 3. The third-order valence-electron chi connectivity index (χ3n) is 2.84. The van der Waals surface area contributed by atoms with Crippen molar-refractivity contribution >= 4 is 11.6 Å². The highest BCUT2D eigenvalue weighted by molar-refractivity contribution is 5.91. The van der Waals surface area contributed by atoms with E-state index in [0.29, 0.717) is 17.9 Å². The van der Waals surface area contributed by atoms with Crippen molar-refractivity contribution in [2.45, 2.75) is 53.4 Å². The van der Waals surface area contributed by atoms with Crippen LogP contribution in [0.25, 0.3) is 0 Å². The molecule has 0 heterocycles. The second-order valence-corrected chi connectivity index (χ2v) is 4.86. The van der Waals surface area contributed by atoms with E-state index < -0.39 is 0 Å². The number of aryl methyl sites for hydroxylation is 1. The maximum Gasteiger partial charge on any atom is 0.250 e. The lowest BCUT2D eigenvalue weighted by Gasteiger charge is -2.06. The molecule has 0 radical (unpaired) electrons. The average Bonchev–Trinajstić information content (AvgIpc) is 2.47. The maximum absolute atomic E-state index is 12.9. The van der Waals surface area contributed by atoms with Gasteiger partial charge in [0.25, 0.3) is 0 Å². The third-order valence-corrected chi connectivity index (χ3v) is 2.84. The molecule has 1 rings (SSSR count). The number of carbonyl (C=O) groups is 1. The molecule has 0 unspecified atom stereocenters. The second-order valence-electron chi connectivity index (χ2n) is 4.86. The lowest BCUT2D eigenvalue weighted by molar-refractivity contribution is -0.120. The van der Waals surface area contributed by atoms with Crippen LogP contribution in [0.15, 0.2) is 18.2 Å². The minimum atomic E-state index is -0.280. The van der Waals surface area contributed by atoms with Gasteiger partial charge in [-0.15, -0.1) is 0 Å². The molecule has 3 nitrogen and oxygen atoms in total. The quantitative estimate of drug-likeness (QED) is 0.741. The lowest BCUT2D eigenvalue weighted by Crippen LogP contribution is -2.18. The van der Waals surface area contributed by atoms with Crippen molar-refractivity contribution in [3.63, 3.8) is 0 Å². The van der Waals surface area contributed by atoms with Crippen molar-refractivity contribution in [1.29, 1.82) is 0 Å². The normalized spacial score (nSPS) is 9.76. The van der Waals surface area contributed by atoms with Crippen LogP contribution >= 0.6 is 0 Å². The zero-order valence-corrected chi connectivity index (χ0v) is 13.7. The van der Waals surface area contributed by atoms with Crippen LogP contribution in [0.4, 0.5) is 10.1 Å². The summed E-state index contributed by atoms with van der Waals surface area (Å²) in [6.07, 6.45) is 5.54. The van der Waals surface area contributed by atoms with Crippen molar-refractivity contribution in [1.82, 2.24) is 0 Å². The molecule has 1 amide bonds. The highest BCUT2D eigenvalue weighted by Crippen LogP contribution is 2.13. The molecule has 0 aliphatic rings. The minimum absolute atomic E-state index is 0.0208. The van der Waals surface area contributed by atoms with Gasteiger partial charge in [-0.25, -0.2) is 4.39 Å². The summed E-state index contributed by atoms with van der Waals surface area (Å²) in [6.45, 7) is 8.44. The van der Waals surface area contributed by atoms with Gasteiger partial charge in [-0.3, -0.25) is 4.79 Å². The number of rotatable bonds is 7. The van der Waals surface area contributed by atoms with Crippen molar-refractivity contribution < 1.29 is 13.9 Å². The fourth-order valence-corrected chi connectivity index (χ4v) is 1.61. The zero-order valence-electron chi connectivity index (χ0n) is 13.7. The Morgan fingerprint density at radius 3 is 2.29 bits per heavy atom. The summed E-state index contributed by atoms with van der Waals surface area (Å²) < 4.78 is 17.8. The molecule has 21 heavy (non-hydrogen) atoms. The standard InChI is InChI=1S/C11H14FNO2.C6H14/c1-3-15-7-11(14)13-9-4-5-10(12)8(2)6-9;1-3-5-6-4-2/h4-6H,3,7H2,1-2H3,(H,13,14);3-6H2,1-2H3. The SMILES string of the molecule is CCCCCC.CCOCC(=O)Nc1ccc(F)c(C)c1. The van der Waals surface area contributed by atoms with Gasteiger partial charge in [0, 0.05) is 12.3 Å². The van der Waals surface area contributed by atoms with Crippen LogP contribution in [0, 0.1) is 12.7 Å². The Bertz CT molecular complexity index is 404. The first-order chi connectivity index (χ1) is 10.0. The topological polar surface area (TPSA) is 38.3 Å². The Morgan fingerprint density at radius 2 is 1.81 bits per heavy atom. The monoisotopic (exact) mass is 297 g/mol. The van der Waals surface area contributed by atoms with Gasteiger partial charge in [0.15, 0.2) is 0 Å². The van der Waals surface area contributed by atoms with Crippen molar-refractivity contribution in [3.8, 4) is 0 Å². The molecule has 0 spiro atoms. The van der Waals surface area contributed by atoms with E-state index in [-0.39, 0.29) is 18.3 Å². The summed E-state index contributed by atoms with van der Waals surface area (Å²) in [5.41, 5.74) is 1.09. The van der Waals surface area contributed by atoms with Gasteiger partial charge in [-0.2, -0.15) is 0 Å². The first-order valence-electron chi connectivity index (χ1n) is 7.68. The van der Waals surface area contributed by atoms with Crippen molar-refractivity contribution in [2.75, 3.05) is 18.5 Å². The smallest absolute Gasteiger partial charge is 0.250 e. The number of nitrogens with one attached hydrogen (secondary N) is 1. The second kappa shape index (κ2) is 12.3. The van der Waals surface area contributed by atoms with Crippen LogP contribution in [0.1, 0.15) is 52.0 Å². The van der Waals surface area contributed by atoms with Crippen LogP contribution in [-0.4, -0.2) is 19.1 Å². The molecular weight excluding hydrogens is 269 g/mol. The Kier molecular flexibility index (Phi) is 11.5. The number of amides is 1. The fraction of sp³-hybridized carbons (Fsp3) is 0.588. The Labute approximate surface area is 127 Å². The molecule has 0 bridgehead atoms. The molecule has 0 aliphatic carbocycles. The van der Waals surface area contributed by atoms with E-state index in [1.165, 1.54) is 37.8 Å². The first-order valence-corrected chi connectivity index (χ1v) is 7.68. The van der Waals surface area contributed by atoms with Gasteiger partial charge in [-0.05, 0) is 37.6 Å². The zero-order chi connectivity index (χ0) is 16.1. The third kappa shape index (κ3) is 10.0. The predicted molar refractivity (Wildman–Crippen MR) is 86.1 cm³/mol. The highest BCUT2D eigenvalue weighted by Gasteiger charge is 2.03.